The van der Waals surface area contributed by atoms with E-state index >= 15 is 0 Å². The number of ether oxygens (including phenoxy) is 3. The predicted octanol–water partition coefficient (Wildman–Crippen LogP) is 2.96. The topological polar surface area (TPSA) is 44.8 Å². The first-order chi connectivity index (χ1) is 8.62. The summed E-state index contributed by atoms with van der Waals surface area (Å²) in [6.45, 7) is 2.20. The van der Waals surface area contributed by atoms with Gasteiger partial charge >= 0.3 is 5.97 Å². The highest BCUT2D eigenvalue weighted by atomic mass is 79.9. The summed E-state index contributed by atoms with van der Waals surface area (Å²) in [5, 5.41) is 0. The van der Waals surface area contributed by atoms with Crippen LogP contribution in [0, 0.1) is 0 Å². The lowest BCUT2D eigenvalue weighted by molar-refractivity contribution is -0.143. The molecule has 0 aliphatic heterocycles. The Kier molecular flexibility index (Phi) is 5.98. The molecule has 0 aliphatic carbocycles. The molecule has 0 atom stereocenters. The fourth-order valence-electron chi connectivity index (χ4n) is 1.56. The van der Waals surface area contributed by atoms with Gasteiger partial charge < -0.3 is 14.2 Å². The Bertz CT molecular complexity index is 418. The molecule has 0 saturated heterocycles. The molecule has 0 amide bonds. The molecule has 0 fully saturated rings. The lowest BCUT2D eigenvalue weighted by Gasteiger charge is -2.11. The zero-order chi connectivity index (χ0) is 13.5. The molecule has 4 nitrogen and oxygen atoms in total. The minimum Gasteiger partial charge on any atom is -0.493 e. The van der Waals surface area contributed by atoms with Crippen LogP contribution in [-0.4, -0.2) is 26.8 Å². The maximum absolute atomic E-state index is 11.3. The van der Waals surface area contributed by atoms with Crippen molar-refractivity contribution in [1.29, 1.82) is 0 Å². The van der Waals surface area contributed by atoms with Crippen LogP contribution >= 0.6 is 15.9 Å². The van der Waals surface area contributed by atoms with Crippen molar-refractivity contribution in [3.8, 4) is 11.5 Å². The molecular formula is C13H17BrO4. The van der Waals surface area contributed by atoms with Gasteiger partial charge in [-0.1, -0.05) is 15.9 Å². The van der Waals surface area contributed by atoms with Gasteiger partial charge in [-0.15, -0.1) is 0 Å². The first kappa shape index (κ1) is 14.8. The van der Waals surface area contributed by atoms with Crippen molar-refractivity contribution >= 4 is 21.9 Å². The van der Waals surface area contributed by atoms with Gasteiger partial charge in [-0.05, 0) is 31.0 Å². The van der Waals surface area contributed by atoms with Gasteiger partial charge in [0.05, 0.1) is 20.8 Å². The van der Waals surface area contributed by atoms with Gasteiger partial charge in [0.15, 0.2) is 11.5 Å². The van der Waals surface area contributed by atoms with Crippen LogP contribution in [0.4, 0.5) is 0 Å². The quantitative estimate of drug-likeness (QED) is 0.757. The summed E-state index contributed by atoms with van der Waals surface area (Å²) in [5.74, 6) is 1.11. The molecular weight excluding hydrogens is 300 g/mol. The zero-order valence-electron chi connectivity index (χ0n) is 10.8. The molecule has 0 radical (unpaired) electrons. The smallest absolute Gasteiger partial charge is 0.306 e. The summed E-state index contributed by atoms with van der Waals surface area (Å²) in [6, 6.07) is 3.70. The van der Waals surface area contributed by atoms with E-state index in [1.807, 2.05) is 12.1 Å². The highest BCUT2D eigenvalue weighted by Gasteiger charge is 2.11. The van der Waals surface area contributed by atoms with E-state index in [1.54, 1.807) is 21.1 Å². The fraction of sp³-hybridized carbons (Fsp3) is 0.462. The van der Waals surface area contributed by atoms with Gasteiger partial charge in [0.1, 0.15) is 0 Å². The maximum atomic E-state index is 11.3. The second-order valence-corrected chi connectivity index (χ2v) is 4.46. The van der Waals surface area contributed by atoms with Gasteiger partial charge in [-0.25, -0.2) is 0 Å². The Morgan fingerprint density at radius 3 is 2.39 bits per heavy atom. The minimum absolute atomic E-state index is 0.195. The number of aryl methyl sites for hydroxylation is 1. The van der Waals surface area contributed by atoms with Gasteiger partial charge in [0, 0.05) is 10.9 Å². The highest BCUT2D eigenvalue weighted by Crippen LogP contribution is 2.33. The van der Waals surface area contributed by atoms with Crippen LogP contribution in [0.3, 0.4) is 0 Å². The van der Waals surface area contributed by atoms with E-state index in [-0.39, 0.29) is 5.97 Å². The first-order valence-corrected chi connectivity index (χ1v) is 6.47. The molecule has 18 heavy (non-hydrogen) atoms. The van der Waals surface area contributed by atoms with Gasteiger partial charge in [0.25, 0.3) is 0 Å². The van der Waals surface area contributed by atoms with Crippen molar-refractivity contribution in [2.45, 2.75) is 19.8 Å². The largest absolute Gasteiger partial charge is 0.493 e. The second-order valence-electron chi connectivity index (χ2n) is 3.60. The number of hydrogen-bond acceptors (Lipinski definition) is 4. The van der Waals surface area contributed by atoms with E-state index in [2.05, 4.69) is 15.9 Å². The van der Waals surface area contributed by atoms with Crippen LogP contribution in [0.2, 0.25) is 0 Å². The Morgan fingerprint density at radius 1 is 1.22 bits per heavy atom. The van der Waals surface area contributed by atoms with Crippen molar-refractivity contribution in [3.63, 3.8) is 0 Å². The molecule has 0 aliphatic rings. The van der Waals surface area contributed by atoms with Crippen LogP contribution in [-0.2, 0) is 16.0 Å². The third-order valence-electron chi connectivity index (χ3n) is 2.46. The number of methoxy groups -OCH3 is 2. The molecule has 0 saturated carbocycles. The summed E-state index contributed by atoms with van der Waals surface area (Å²) in [6.07, 6.45) is 0.946. The minimum atomic E-state index is -0.195. The monoisotopic (exact) mass is 316 g/mol. The predicted molar refractivity (Wildman–Crippen MR) is 72.2 cm³/mol. The SMILES string of the molecule is CCOC(=O)CCc1cc(OC)c(OC)cc1Br. The summed E-state index contributed by atoms with van der Waals surface area (Å²) >= 11 is 3.45. The number of carbonyl (C=O) groups is 1. The van der Waals surface area contributed by atoms with Crippen LogP contribution < -0.4 is 9.47 Å². The summed E-state index contributed by atoms with van der Waals surface area (Å²) in [4.78, 5) is 11.3. The normalized spacial score (nSPS) is 10.0. The number of halogens is 1. The second kappa shape index (κ2) is 7.26. The molecule has 0 aromatic heterocycles. The van der Waals surface area contributed by atoms with E-state index in [4.69, 9.17) is 14.2 Å². The Balaban J connectivity index is 2.79. The molecule has 100 valence electrons. The van der Waals surface area contributed by atoms with E-state index in [0.29, 0.717) is 30.9 Å². The van der Waals surface area contributed by atoms with E-state index < -0.39 is 0 Å². The molecule has 1 aromatic rings. The summed E-state index contributed by atoms with van der Waals surface area (Å²) < 4.78 is 16.2. The Labute approximate surface area is 115 Å². The molecule has 5 heteroatoms. The lowest BCUT2D eigenvalue weighted by atomic mass is 10.1. The number of esters is 1. The van der Waals surface area contributed by atoms with E-state index in [9.17, 15) is 4.79 Å². The average molecular weight is 317 g/mol. The van der Waals surface area contributed by atoms with Crippen molar-refractivity contribution in [2.75, 3.05) is 20.8 Å². The Morgan fingerprint density at radius 2 is 1.83 bits per heavy atom. The highest BCUT2D eigenvalue weighted by molar-refractivity contribution is 9.10. The van der Waals surface area contributed by atoms with E-state index in [0.717, 1.165) is 10.0 Å². The molecule has 0 spiro atoms. The van der Waals surface area contributed by atoms with Gasteiger partial charge in [-0.3, -0.25) is 4.79 Å². The third-order valence-corrected chi connectivity index (χ3v) is 3.19. The molecule has 0 unspecified atom stereocenters. The first-order valence-electron chi connectivity index (χ1n) is 5.68. The van der Waals surface area contributed by atoms with Crippen molar-refractivity contribution in [3.05, 3.63) is 22.2 Å². The van der Waals surface area contributed by atoms with Crippen molar-refractivity contribution in [1.82, 2.24) is 0 Å². The number of benzene rings is 1. The van der Waals surface area contributed by atoms with Crippen LogP contribution in [0.25, 0.3) is 0 Å². The van der Waals surface area contributed by atoms with E-state index in [1.165, 1.54) is 0 Å². The zero-order valence-corrected chi connectivity index (χ0v) is 12.4. The molecule has 0 heterocycles. The Hall–Kier alpha value is -1.23. The maximum Gasteiger partial charge on any atom is 0.306 e. The molecule has 0 N–H and O–H groups in total. The molecule has 1 rings (SSSR count). The average Bonchev–Trinajstić information content (AvgIpc) is 2.37. The van der Waals surface area contributed by atoms with Crippen LogP contribution in [0.5, 0.6) is 11.5 Å². The number of rotatable bonds is 6. The van der Waals surface area contributed by atoms with Crippen molar-refractivity contribution < 1.29 is 19.0 Å². The van der Waals surface area contributed by atoms with Gasteiger partial charge in [0.2, 0.25) is 0 Å². The molecule has 1 aromatic carbocycles. The fourth-order valence-corrected chi connectivity index (χ4v) is 2.08. The van der Waals surface area contributed by atoms with Gasteiger partial charge in [-0.2, -0.15) is 0 Å². The lowest BCUT2D eigenvalue weighted by Crippen LogP contribution is -2.05. The molecule has 0 bridgehead atoms. The summed E-state index contributed by atoms with van der Waals surface area (Å²) in [5.41, 5.74) is 0.987. The number of hydrogen-bond donors (Lipinski definition) is 0. The standard InChI is InChI=1S/C13H17BrO4/c1-4-18-13(15)6-5-9-7-11(16-2)12(17-3)8-10(9)14/h7-8H,4-6H2,1-3H3. The number of carbonyl (C=O) groups excluding carboxylic acids is 1. The summed E-state index contributed by atoms with van der Waals surface area (Å²) in [7, 11) is 3.17. The van der Waals surface area contributed by atoms with Crippen LogP contribution in [0.15, 0.2) is 16.6 Å². The van der Waals surface area contributed by atoms with Crippen molar-refractivity contribution in [2.24, 2.45) is 0 Å². The van der Waals surface area contributed by atoms with Crippen LogP contribution in [0.1, 0.15) is 18.9 Å². The third kappa shape index (κ3) is 3.91.